The molecule has 11 nitrogen and oxygen atoms in total. The predicted molar refractivity (Wildman–Crippen MR) is 110 cm³/mol. The van der Waals surface area contributed by atoms with Crippen molar-refractivity contribution in [1.29, 1.82) is 5.26 Å². The minimum absolute atomic E-state index is 0.128. The normalized spacial score (nSPS) is 23.4. The van der Waals surface area contributed by atoms with E-state index in [9.17, 15) is 25.0 Å². The molecule has 0 saturated carbocycles. The van der Waals surface area contributed by atoms with Crippen LogP contribution in [-0.4, -0.2) is 68.5 Å². The van der Waals surface area contributed by atoms with Gasteiger partial charge in [0.25, 0.3) is 5.69 Å². The first-order valence-corrected chi connectivity index (χ1v) is 10.2. The summed E-state index contributed by atoms with van der Waals surface area (Å²) in [5.74, 6) is 0.139. The number of nitrogens with zero attached hydrogens (tertiary/aromatic N) is 5. The number of hydrogen-bond donors (Lipinski definition) is 1. The first kappa shape index (κ1) is 22.3. The van der Waals surface area contributed by atoms with Crippen LogP contribution in [0.5, 0.6) is 0 Å². The second-order valence-corrected chi connectivity index (χ2v) is 8.70. The molecule has 0 aromatic carbocycles. The fourth-order valence-corrected chi connectivity index (χ4v) is 3.84. The number of hydrogen-bond acceptors (Lipinski definition) is 8. The fraction of sp³-hybridized carbons (Fsp3) is 0.600. The van der Waals surface area contributed by atoms with Crippen LogP contribution in [0.2, 0.25) is 0 Å². The number of nitrogens with one attached hydrogen (secondary N) is 1. The number of ether oxygens (including phenoxy) is 1. The molecule has 1 aromatic rings. The molecule has 2 amide bonds. The van der Waals surface area contributed by atoms with Crippen LogP contribution in [-0.2, 0) is 9.53 Å². The van der Waals surface area contributed by atoms with E-state index in [0.717, 1.165) is 12.6 Å². The molecule has 11 heteroatoms. The Balaban J connectivity index is 1.77. The lowest BCUT2D eigenvalue weighted by Gasteiger charge is -2.30. The lowest BCUT2D eigenvalue weighted by Crippen LogP contribution is -2.50. The number of pyridine rings is 1. The van der Waals surface area contributed by atoms with Crippen LogP contribution >= 0.6 is 0 Å². The monoisotopic (exact) mass is 430 g/mol. The van der Waals surface area contributed by atoms with Gasteiger partial charge in [0.05, 0.1) is 11.0 Å². The lowest BCUT2D eigenvalue weighted by molar-refractivity contribution is -0.385. The van der Waals surface area contributed by atoms with Gasteiger partial charge in [0.15, 0.2) is 0 Å². The minimum Gasteiger partial charge on any atom is -0.444 e. The third-order valence-electron chi connectivity index (χ3n) is 5.21. The average Bonchev–Trinajstić information content (AvgIpc) is 3.33. The van der Waals surface area contributed by atoms with Crippen molar-refractivity contribution in [2.45, 2.75) is 63.8 Å². The molecule has 2 aliphatic heterocycles. The summed E-state index contributed by atoms with van der Waals surface area (Å²) in [4.78, 5) is 43.3. The van der Waals surface area contributed by atoms with Crippen molar-refractivity contribution in [2.24, 2.45) is 0 Å². The van der Waals surface area contributed by atoms with E-state index in [4.69, 9.17) is 4.74 Å². The molecule has 3 atom stereocenters. The molecule has 31 heavy (non-hydrogen) atoms. The predicted octanol–water partition coefficient (Wildman–Crippen LogP) is 2.29. The number of carbonyl (C=O) groups is 2. The van der Waals surface area contributed by atoms with Crippen molar-refractivity contribution in [3.8, 4) is 6.07 Å². The van der Waals surface area contributed by atoms with Gasteiger partial charge in [0.1, 0.15) is 29.7 Å². The maximum Gasteiger partial charge on any atom is 0.411 e. The summed E-state index contributed by atoms with van der Waals surface area (Å²) in [5.41, 5.74) is -0.851. The van der Waals surface area contributed by atoms with Crippen LogP contribution in [0.1, 0.15) is 40.0 Å². The van der Waals surface area contributed by atoms with E-state index in [1.807, 2.05) is 0 Å². The summed E-state index contributed by atoms with van der Waals surface area (Å²) in [6, 6.07) is 3.41. The molecule has 166 valence electrons. The topological polar surface area (TPSA) is 142 Å². The molecule has 1 unspecified atom stereocenters. The van der Waals surface area contributed by atoms with Gasteiger partial charge in [-0.05, 0) is 46.1 Å². The van der Waals surface area contributed by atoms with Crippen LogP contribution in [0.3, 0.4) is 0 Å². The van der Waals surface area contributed by atoms with Gasteiger partial charge in [-0.25, -0.2) is 9.78 Å². The van der Waals surface area contributed by atoms with Crippen LogP contribution in [0, 0.1) is 21.4 Å². The van der Waals surface area contributed by atoms with Crippen molar-refractivity contribution in [3.05, 3.63) is 28.4 Å². The van der Waals surface area contributed by atoms with E-state index in [2.05, 4.69) is 16.4 Å². The molecule has 3 rings (SSSR count). The van der Waals surface area contributed by atoms with Gasteiger partial charge >= 0.3 is 6.09 Å². The van der Waals surface area contributed by atoms with Gasteiger partial charge in [-0.15, -0.1) is 0 Å². The fourth-order valence-electron chi connectivity index (χ4n) is 3.84. The highest BCUT2D eigenvalue weighted by atomic mass is 16.6. The van der Waals surface area contributed by atoms with Gasteiger partial charge in [-0.3, -0.25) is 19.8 Å². The Kier molecular flexibility index (Phi) is 6.29. The number of anilines is 1. The number of likely N-dealkylation sites (tertiary alicyclic amines) is 2. The molecular weight excluding hydrogens is 404 g/mol. The van der Waals surface area contributed by atoms with Crippen LogP contribution in [0.25, 0.3) is 0 Å². The number of nitro groups is 1. The molecular formula is C20H26N6O5. The van der Waals surface area contributed by atoms with Gasteiger partial charge in [-0.2, -0.15) is 5.26 Å². The van der Waals surface area contributed by atoms with Gasteiger partial charge < -0.3 is 15.0 Å². The molecule has 2 saturated heterocycles. The van der Waals surface area contributed by atoms with E-state index in [1.165, 1.54) is 21.9 Å². The summed E-state index contributed by atoms with van der Waals surface area (Å²) < 4.78 is 5.49. The minimum atomic E-state index is -0.764. The van der Waals surface area contributed by atoms with Crippen molar-refractivity contribution >= 4 is 23.5 Å². The second-order valence-electron chi connectivity index (χ2n) is 8.70. The van der Waals surface area contributed by atoms with Crippen LogP contribution in [0.15, 0.2) is 18.3 Å². The van der Waals surface area contributed by atoms with Gasteiger partial charge in [0.2, 0.25) is 5.91 Å². The summed E-state index contributed by atoms with van der Waals surface area (Å²) in [6.45, 7) is 5.94. The Morgan fingerprint density at radius 1 is 1.35 bits per heavy atom. The molecule has 1 aromatic heterocycles. The number of carbonyl (C=O) groups excluding carboxylic acids is 2. The molecule has 0 spiro atoms. The Bertz CT molecular complexity index is 891. The molecule has 0 bridgehead atoms. The number of aromatic nitrogens is 1. The highest BCUT2D eigenvalue weighted by Gasteiger charge is 2.45. The molecule has 2 aliphatic rings. The zero-order valence-electron chi connectivity index (χ0n) is 17.8. The Labute approximate surface area is 180 Å². The van der Waals surface area contributed by atoms with Crippen molar-refractivity contribution < 1.29 is 19.2 Å². The van der Waals surface area contributed by atoms with E-state index in [1.54, 1.807) is 20.8 Å². The standard InChI is InChI=1S/C20H26N6O5/c1-20(2,3)31-19(28)25-12-13(23-17-7-6-15(11-22-17)26(29)30)9-16(25)18(27)24-8-4-5-14(24)10-21/h6-7,11,13-14,16H,4-5,8-9,12H2,1-3H3,(H,22,23)/t13-,14?,16-/m0/s1. The van der Waals surface area contributed by atoms with Gasteiger partial charge in [-0.1, -0.05) is 0 Å². The smallest absolute Gasteiger partial charge is 0.411 e. The molecule has 3 heterocycles. The molecule has 0 aliphatic carbocycles. The molecule has 1 N–H and O–H groups in total. The highest BCUT2D eigenvalue weighted by molar-refractivity contribution is 5.87. The third-order valence-corrected chi connectivity index (χ3v) is 5.21. The quantitative estimate of drug-likeness (QED) is 0.566. The first-order chi connectivity index (χ1) is 14.6. The molecule has 0 radical (unpaired) electrons. The van der Waals surface area contributed by atoms with Crippen molar-refractivity contribution in [3.63, 3.8) is 0 Å². The zero-order valence-corrected chi connectivity index (χ0v) is 17.8. The van der Waals surface area contributed by atoms with E-state index in [0.29, 0.717) is 25.2 Å². The number of nitriles is 1. The third kappa shape index (κ3) is 5.20. The van der Waals surface area contributed by atoms with E-state index in [-0.39, 0.29) is 24.2 Å². The maximum absolute atomic E-state index is 13.2. The van der Waals surface area contributed by atoms with Gasteiger partial charge in [0, 0.05) is 25.2 Å². The Morgan fingerprint density at radius 3 is 2.68 bits per heavy atom. The molecule has 2 fully saturated rings. The van der Waals surface area contributed by atoms with E-state index < -0.39 is 28.7 Å². The van der Waals surface area contributed by atoms with Crippen molar-refractivity contribution in [1.82, 2.24) is 14.8 Å². The highest BCUT2D eigenvalue weighted by Crippen LogP contribution is 2.28. The number of amides is 2. The largest absolute Gasteiger partial charge is 0.444 e. The van der Waals surface area contributed by atoms with Crippen molar-refractivity contribution in [2.75, 3.05) is 18.4 Å². The average molecular weight is 430 g/mol. The van der Waals surface area contributed by atoms with Crippen LogP contribution < -0.4 is 5.32 Å². The van der Waals surface area contributed by atoms with E-state index >= 15 is 0 Å². The Morgan fingerprint density at radius 2 is 2.10 bits per heavy atom. The summed E-state index contributed by atoms with van der Waals surface area (Å²) in [7, 11) is 0. The van der Waals surface area contributed by atoms with Crippen LogP contribution in [0.4, 0.5) is 16.3 Å². The first-order valence-electron chi connectivity index (χ1n) is 10.2. The lowest BCUT2D eigenvalue weighted by atomic mass is 10.1. The second kappa shape index (κ2) is 8.75. The maximum atomic E-state index is 13.2. The zero-order chi connectivity index (χ0) is 22.8. The summed E-state index contributed by atoms with van der Waals surface area (Å²) >= 11 is 0. The summed E-state index contributed by atoms with van der Waals surface area (Å²) in [5, 5.41) is 23.3. The number of rotatable bonds is 4. The summed E-state index contributed by atoms with van der Waals surface area (Å²) in [6.07, 6.45) is 2.23. The Hall–Kier alpha value is -3.42. The SMILES string of the molecule is CC(C)(C)OC(=O)N1C[C@@H](Nc2ccc([N+](=O)[O-])cn2)C[C@H]1C(=O)N1CCCC1C#N.